The summed E-state index contributed by atoms with van der Waals surface area (Å²) in [5, 5.41) is 23.9. The molecule has 0 spiro atoms. The van der Waals surface area contributed by atoms with E-state index in [-0.39, 0.29) is 24.9 Å². The summed E-state index contributed by atoms with van der Waals surface area (Å²) in [6, 6.07) is -0.711. The number of esters is 1. The molecule has 3 atom stereocenters. The summed E-state index contributed by atoms with van der Waals surface area (Å²) >= 11 is 0. The molecule has 0 aromatic carbocycles. The van der Waals surface area contributed by atoms with Crippen LogP contribution in [0.15, 0.2) is 36.5 Å². The Morgan fingerprint density at radius 1 is 0.439 bits per heavy atom. The van der Waals surface area contributed by atoms with E-state index in [1.165, 1.54) is 186 Å². The van der Waals surface area contributed by atoms with E-state index in [1.54, 1.807) is 0 Å². The van der Waals surface area contributed by atoms with E-state index in [0.29, 0.717) is 19.3 Å². The molecule has 0 rings (SSSR count). The van der Waals surface area contributed by atoms with Crippen molar-refractivity contribution < 1.29 is 24.5 Å². The fraction of sp³-hybridized carbons (Fsp3) is 0.867. The Kier molecular flexibility index (Phi) is 52.5. The summed E-state index contributed by atoms with van der Waals surface area (Å²) in [5.41, 5.74) is 0. The molecule has 0 saturated heterocycles. The largest absolute Gasteiger partial charge is 0.462 e. The second-order valence-electron chi connectivity index (χ2n) is 20.1. The molecule has 3 N–H and O–H groups in total. The zero-order chi connectivity index (χ0) is 48.1. The topological polar surface area (TPSA) is 95.9 Å². The molecular formula is C60H113NO5. The average Bonchev–Trinajstić information content (AvgIpc) is 3.31. The molecule has 0 aliphatic rings. The van der Waals surface area contributed by atoms with Gasteiger partial charge in [0, 0.05) is 6.42 Å². The highest BCUT2D eigenvalue weighted by Gasteiger charge is 2.24. The van der Waals surface area contributed by atoms with Crippen molar-refractivity contribution in [2.24, 2.45) is 0 Å². The Balaban J connectivity index is 4.59. The summed E-state index contributed by atoms with van der Waals surface area (Å²) in [7, 11) is 0. The van der Waals surface area contributed by atoms with Gasteiger partial charge in [-0.15, -0.1) is 0 Å². The van der Waals surface area contributed by atoms with Crippen molar-refractivity contribution in [2.45, 2.75) is 328 Å². The van der Waals surface area contributed by atoms with Gasteiger partial charge in [0.05, 0.1) is 25.2 Å². The minimum Gasteiger partial charge on any atom is -0.462 e. The van der Waals surface area contributed by atoms with Crippen molar-refractivity contribution in [3.63, 3.8) is 0 Å². The average molecular weight is 929 g/mol. The summed E-state index contributed by atoms with van der Waals surface area (Å²) in [6.45, 7) is 6.50. The van der Waals surface area contributed by atoms with Crippen LogP contribution in [0.2, 0.25) is 0 Å². The van der Waals surface area contributed by atoms with Crippen LogP contribution in [0.4, 0.5) is 0 Å². The van der Waals surface area contributed by atoms with Crippen LogP contribution in [0.3, 0.4) is 0 Å². The summed E-state index contributed by atoms with van der Waals surface area (Å²) in [4.78, 5) is 26.3. The number of hydrogen-bond acceptors (Lipinski definition) is 5. The number of hydrogen-bond donors (Lipinski definition) is 3. The Hall–Kier alpha value is -1.92. The molecule has 66 heavy (non-hydrogen) atoms. The number of nitrogens with one attached hydrogen (secondary N) is 1. The first-order valence-corrected chi connectivity index (χ1v) is 29.2. The summed E-state index contributed by atoms with van der Waals surface area (Å²) in [5.74, 6) is -0.496. The van der Waals surface area contributed by atoms with Crippen LogP contribution in [-0.2, 0) is 14.3 Å². The highest BCUT2D eigenvalue weighted by Crippen LogP contribution is 2.18. The molecule has 0 aromatic heterocycles. The molecule has 388 valence electrons. The SMILES string of the molecule is CCCCCCCCC/C=C/C=C/CCCCCC(CC(=O)NC(CO)C(O)CCCCCCCCCCCCCCCCC)OC(=O)CCCCCCC/C=C/CCCCCCCCC. The number of ether oxygens (including phenoxy) is 1. The number of unbranched alkanes of at least 4 members (excludes halogenated alkanes) is 36. The number of carbonyl (C=O) groups is 2. The number of allylic oxidation sites excluding steroid dienone is 6. The molecule has 3 unspecified atom stereocenters. The lowest BCUT2D eigenvalue weighted by Gasteiger charge is -2.24. The smallest absolute Gasteiger partial charge is 0.306 e. The van der Waals surface area contributed by atoms with Gasteiger partial charge in [-0.3, -0.25) is 9.59 Å². The van der Waals surface area contributed by atoms with Gasteiger partial charge in [-0.25, -0.2) is 0 Å². The van der Waals surface area contributed by atoms with Gasteiger partial charge in [0.1, 0.15) is 6.10 Å². The quantitative estimate of drug-likeness (QED) is 0.0244. The predicted octanol–water partition coefficient (Wildman–Crippen LogP) is 18.0. The Bertz CT molecular complexity index is 1090. The van der Waals surface area contributed by atoms with Crippen LogP contribution < -0.4 is 5.32 Å². The lowest BCUT2D eigenvalue weighted by atomic mass is 10.0. The van der Waals surface area contributed by atoms with Crippen LogP contribution in [0.1, 0.15) is 310 Å². The maximum atomic E-state index is 13.3. The molecule has 0 fully saturated rings. The highest BCUT2D eigenvalue weighted by atomic mass is 16.5. The molecule has 0 radical (unpaired) electrons. The second-order valence-corrected chi connectivity index (χ2v) is 20.1. The van der Waals surface area contributed by atoms with E-state index in [2.05, 4.69) is 62.5 Å². The van der Waals surface area contributed by atoms with Crippen LogP contribution in [0.5, 0.6) is 0 Å². The van der Waals surface area contributed by atoms with Crippen molar-refractivity contribution in [1.82, 2.24) is 5.32 Å². The molecule has 6 nitrogen and oxygen atoms in total. The molecule has 0 aromatic rings. The fourth-order valence-electron chi connectivity index (χ4n) is 9.01. The van der Waals surface area contributed by atoms with Gasteiger partial charge in [0.25, 0.3) is 0 Å². The normalized spacial score (nSPS) is 13.3. The number of aliphatic hydroxyl groups excluding tert-OH is 2. The van der Waals surface area contributed by atoms with E-state index in [1.807, 2.05) is 0 Å². The number of aliphatic hydroxyl groups is 2. The summed E-state index contributed by atoms with van der Waals surface area (Å²) in [6.07, 6.45) is 64.9. The lowest BCUT2D eigenvalue weighted by molar-refractivity contribution is -0.151. The van der Waals surface area contributed by atoms with Crippen molar-refractivity contribution >= 4 is 11.9 Å². The van der Waals surface area contributed by atoms with Crippen LogP contribution >= 0.6 is 0 Å². The van der Waals surface area contributed by atoms with Crippen molar-refractivity contribution in [2.75, 3.05) is 6.61 Å². The van der Waals surface area contributed by atoms with Crippen molar-refractivity contribution in [3.8, 4) is 0 Å². The van der Waals surface area contributed by atoms with Crippen LogP contribution in [-0.4, -0.2) is 46.9 Å². The standard InChI is InChI=1S/C60H113NO5/c1-4-7-10-13-16-19-22-25-28-31-33-36-39-42-45-48-51-56(66-60(65)53-50-47-44-41-38-35-32-29-26-23-20-17-14-11-8-5-2)54-59(64)61-57(55-62)58(63)52-49-46-43-40-37-34-30-27-24-21-18-15-12-9-6-3/h28-29,31-33,36,56-58,62-63H,4-27,30,34-35,37-55H2,1-3H3,(H,61,64)/b31-28+,32-29+,36-33+. The van der Waals surface area contributed by atoms with Gasteiger partial charge in [-0.1, -0.05) is 256 Å². The minimum absolute atomic E-state index is 0.0594. The monoisotopic (exact) mass is 928 g/mol. The first kappa shape index (κ1) is 64.1. The number of rotatable bonds is 53. The number of carbonyl (C=O) groups excluding carboxylic acids is 2. The van der Waals surface area contributed by atoms with Gasteiger partial charge in [0.15, 0.2) is 0 Å². The Labute approximate surface area is 411 Å². The highest BCUT2D eigenvalue weighted by molar-refractivity contribution is 5.77. The molecule has 1 amide bonds. The van der Waals surface area contributed by atoms with E-state index >= 15 is 0 Å². The first-order chi connectivity index (χ1) is 32.5. The van der Waals surface area contributed by atoms with Crippen LogP contribution in [0, 0.1) is 0 Å². The lowest BCUT2D eigenvalue weighted by Crippen LogP contribution is -2.46. The minimum atomic E-state index is -0.795. The third-order valence-electron chi connectivity index (χ3n) is 13.5. The van der Waals surface area contributed by atoms with E-state index < -0.39 is 18.2 Å². The Morgan fingerprint density at radius 3 is 1.18 bits per heavy atom. The third-order valence-corrected chi connectivity index (χ3v) is 13.5. The zero-order valence-corrected chi connectivity index (χ0v) is 44.3. The van der Waals surface area contributed by atoms with Gasteiger partial charge in [-0.05, 0) is 77.0 Å². The van der Waals surface area contributed by atoms with Gasteiger partial charge >= 0.3 is 5.97 Å². The first-order valence-electron chi connectivity index (χ1n) is 29.2. The zero-order valence-electron chi connectivity index (χ0n) is 44.3. The van der Waals surface area contributed by atoms with Gasteiger partial charge in [-0.2, -0.15) is 0 Å². The molecule has 0 bridgehead atoms. The molecule has 0 aliphatic heterocycles. The van der Waals surface area contributed by atoms with E-state index in [0.717, 1.165) is 77.0 Å². The fourth-order valence-corrected chi connectivity index (χ4v) is 9.01. The molecule has 0 heterocycles. The molecule has 0 aliphatic carbocycles. The maximum Gasteiger partial charge on any atom is 0.306 e. The second kappa shape index (κ2) is 54.0. The van der Waals surface area contributed by atoms with Gasteiger partial charge < -0.3 is 20.3 Å². The molecule has 6 heteroatoms. The van der Waals surface area contributed by atoms with Crippen molar-refractivity contribution in [1.29, 1.82) is 0 Å². The third kappa shape index (κ3) is 48.5. The van der Waals surface area contributed by atoms with E-state index in [9.17, 15) is 19.8 Å². The van der Waals surface area contributed by atoms with E-state index in [4.69, 9.17) is 4.74 Å². The van der Waals surface area contributed by atoms with Gasteiger partial charge in [0.2, 0.25) is 5.91 Å². The summed E-state index contributed by atoms with van der Waals surface area (Å²) < 4.78 is 5.95. The maximum absolute atomic E-state index is 13.3. The van der Waals surface area contributed by atoms with Crippen molar-refractivity contribution in [3.05, 3.63) is 36.5 Å². The Morgan fingerprint density at radius 2 is 0.773 bits per heavy atom. The molecule has 0 saturated carbocycles. The van der Waals surface area contributed by atoms with Crippen LogP contribution in [0.25, 0.3) is 0 Å². The molecular weight excluding hydrogens is 815 g/mol. The predicted molar refractivity (Wildman–Crippen MR) is 287 cm³/mol. The number of amides is 1.